The van der Waals surface area contributed by atoms with Crippen molar-refractivity contribution in [2.75, 3.05) is 0 Å². The molecule has 0 amide bonds. The van der Waals surface area contributed by atoms with Gasteiger partial charge in [-0.25, -0.2) is 0 Å². The SMILES string of the molecule is CC(C)CC(NC(C)Cc1ccccc1)c1ccccc1. The molecule has 2 rings (SSSR count). The Balaban J connectivity index is 2.01. The van der Waals surface area contributed by atoms with Crippen LogP contribution in [0.1, 0.15) is 44.4 Å². The topological polar surface area (TPSA) is 12.0 Å². The molecule has 0 aliphatic carbocycles. The maximum Gasteiger partial charge on any atom is 0.0325 e. The molecule has 0 aliphatic heterocycles. The fraction of sp³-hybridized carbons (Fsp3) is 0.400. The summed E-state index contributed by atoms with van der Waals surface area (Å²) in [5.41, 5.74) is 2.79. The van der Waals surface area contributed by atoms with Crippen LogP contribution in [0, 0.1) is 5.92 Å². The van der Waals surface area contributed by atoms with Gasteiger partial charge in [0.1, 0.15) is 0 Å². The Hall–Kier alpha value is -1.60. The van der Waals surface area contributed by atoms with Gasteiger partial charge in [0, 0.05) is 12.1 Å². The highest BCUT2D eigenvalue weighted by atomic mass is 14.9. The lowest BCUT2D eigenvalue weighted by atomic mass is 9.95. The zero-order valence-corrected chi connectivity index (χ0v) is 13.4. The van der Waals surface area contributed by atoms with Gasteiger partial charge in [-0.3, -0.25) is 0 Å². The minimum absolute atomic E-state index is 0.435. The third kappa shape index (κ3) is 5.35. The molecule has 2 aromatic rings. The molecule has 0 saturated heterocycles. The lowest BCUT2D eigenvalue weighted by Crippen LogP contribution is -2.33. The van der Waals surface area contributed by atoms with E-state index in [1.165, 1.54) is 17.5 Å². The third-order valence-corrected chi connectivity index (χ3v) is 3.78. The van der Waals surface area contributed by atoms with Gasteiger partial charge < -0.3 is 5.32 Å². The normalized spacial score (nSPS) is 14.1. The van der Waals surface area contributed by atoms with Crippen molar-refractivity contribution in [1.29, 1.82) is 0 Å². The number of rotatable bonds is 7. The summed E-state index contributed by atoms with van der Waals surface area (Å²) < 4.78 is 0. The van der Waals surface area contributed by atoms with Crippen LogP contribution in [0.15, 0.2) is 60.7 Å². The van der Waals surface area contributed by atoms with Crippen molar-refractivity contribution in [3.63, 3.8) is 0 Å². The van der Waals surface area contributed by atoms with Crippen LogP contribution in [0.3, 0.4) is 0 Å². The van der Waals surface area contributed by atoms with Gasteiger partial charge in [0.05, 0.1) is 0 Å². The summed E-state index contributed by atoms with van der Waals surface area (Å²) in [7, 11) is 0. The summed E-state index contributed by atoms with van der Waals surface area (Å²) in [6.07, 6.45) is 2.24. The zero-order chi connectivity index (χ0) is 15.1. The Bertz CT molecular complexity index is 504. The van der Waals surface area contributed by atoms with Crippen molar-refractivity contribution in [1.82, 2.24) is 5.32 Å². The second-order valence-corrected chi connectivity index (χ2v) is 6.35. The van der Waals surface area contributed by atoms with Crippen LogP contribution < -0.4 is 5.32 Å². The Kier molecular flexibility index (Phi) is 6.01. The van der Waals surface area contributed by atoms with Crippen molar-refractivity contribution in [2.45, 2.75) is 45.7 Å². The van der Waals surface area contributed by atoms with Crippen LogP contribution >= 0.6 is 0 Å². The Morgan fingerprint density at radius 3 is 1.95 bits per heavy atom. The van der Waals surface area contributed by atoms with Gasteiger partial charge in [0.2, 0.25) is 0 Å². The largest absolute Gasteiger partial charge is 0.307 e. The van der Waals surface area contributed by atoms with E-state index in [0.717, 1.165) is 6.42 Å². The number of nitrogens with one attached hydrogen (secondary N) is 1. The fourth-order valence-corrected chi connectivity index (χ4v) is 2.83. The van der Waals surface area contributed by atoms with E-state index in [9.17, 15) is 0 Å². The van der Waals surface area contributed by atoms with Crippen molar-refractivity contribution in [2.24, 2.45) is 5.92 Å². The summed E-state index contributed by atoms with van der Waals surface area (Å²) in [6.45, 7) is 6.86. The van der Waals surface area contributed by atoms with Crippen molar-refractivity contribution >= 4 is 0 Å². The molecule has 0 spiro atoms. The molecule has 112 valence electrons. The van der Waals surface area contributed by atoms with Gasteiger partial charge >= 0.3 is 0 Å². The molecule has 1 heteroatoms. The quantitative estimate of drug-likeness (QED) is 0.753. The molecule has 2 aromatic carbocycles. The molecule has 2 atom stereocenters. The van der Waals surface area contributed by atoms with Gasteiger partial charge in [0.15, 0.2) is 0 Å². The minimum atomic E-state index is 0.435. The van der Waals surface area contributed by atoms with E-state index >= 15 is 0 Å². The molecule has 21 heavy (non-hydrogen) atoms. The number of hydrogen-bond donors (Lipinski definition) is 1. The molecule has 0 radical (unpaired) electrons. The van der Waals surface area contributed by atoms with Crippen LogP contribution in [0.25, 0.3) is 0 Å². The first-order valence-corrected chi connectivity index (χ1v) is 8.00. The van der Waals surface area contributed by atoms with E-state index in [1.54, 1.807) is 0 Å². The van der Waals surface area contributed by atoms with Crippen molar-refractivity contribution in [3.8, 4) is 0 Å². The maximum atomic E-state index is 3.81. The molecular weight excluding hydrogens is 254 g/mol. The summed E-state index contributed by atoms with van der Waals surface area (Å²) in [5, 5.41) is 3.81. The van der Waals surface area contributed by atoms with Gasteiger partial charge in [0.25, 0.3) is 0 Å². The van der Waals surface area contributed by atoms with E-state index in [2.05, 4.69) is 86.8 Å². The second kappa shape index (κ2) is 7.99. The molecule has 0 saturated carbocycles. The van der Waals surface area contributed by atoms with E-state index in [0.29, 0.717) is 18.0 Å². The second-order valence-electron chi connectivity index (χ2n) is 6.35. The molecule has 1 N–H and O–H groups in total. The third-order valence-electron chi connectivity index (χ3n) is 3.78. The molecule has 1 nitrogen and oxygen atoms in total. The molecule has 0 aromatic heterocycles. The summed E-state index contributed by atoms with van der Waals surface area (Å²) in [4.78, 5) is 0. The van der Waals surface area contributed by atoms with Crippen LogP contribution in [0.5, 0.6) is 0 Å². The molecule has 0 heterocycles. The minimum Gasteiger partial charge on any atom is -0.307 e. The number of hydrogen-bond acceptors (Lipinski definition) is 1. The molecule has 0 fully saturated rings. The van der Waals surface area contributed by atoms with E-state index in [-0.39, 0.29) is 0 Å². The fourth-order valence-electron chi connectivity index (χ4n) is 2.83. The van der Waals surface area contributed by atoms with E-state index in [4.69, 9.17) is 0 Å². The van der Waals surface area contributed by atoms with Crippen molar-refractivity contribution in [3.05, 3.63) is 71.8 Å². The van der Waals surface area contributed by atoms with Crippen molar-refractivity contribution < 1.29 is 0 Å². The van der Waals surface area contributed by atoms with Gasteiger partial charge in [-0.1, -0.05) is 74.5 Å². The average Bonchev–Trinajstić information content (AvgIpc) is 2.48. The first-order chi connectivity index (χ1) is 10.1. The monoisotopic (exact) mass is 281 g/mol. The summed E-state index contributed by atoms with van der Waals surface area (Å²) in [6, 6.07) is 22.4. The predicted octanol–water partition coefficient (Wildman–Crippen LogP) is 4.99. The van der Waals surface area contributed by atoms with Gasteiger partial charge in [-0.15, -0.1) is 0 Å². The van der Waals surface area contributed by atoms with Gasteiger partial charge in [-0.05, 0) is 36.8 Å². The van der Waals surface area contributed by atoms with Crippen LogP contribution in [0.4, 0.5) is 0 Å². The highest BCUT2D eigenvalue weighted by molar-refractivity contribution is 5.20. The van der Waals surface area contributed by atoms with Crippen LogP contribution in [0.2, 0.25) is 0 Å². The first-order valence-electron chi connectivity index (χ1n) is 8.00. The smallest absolute Gasteiger partial charge is 0.0325 e. The predicted molar refractivity (Wildman–Crippen MR) is 91.4 cm³/mol. The summed E-state index contributed by atoms with van der Waals surface area (Å²) >= 11 is 0. The van der Waals surface area contributed by atoms with Crippen LogP contribution in [-0.2, 0) is 6.42 Å². The molecule has 2 unspecified atom stereocenters. The zero-order valence-electron chi connectivity index (χ0n) is 13.4. The number of benzene rings is 2. The standard InChI is InChI=1S/C20H27N/c1-16(2)14-20(19-12-8-5-9-13-19)21-17(3)15-18-10-6-4-7-11-18/h4-13,16-17,20-21H,14-15H2,1-3H3. The lowest BCUT2D eigenvalue weighted by Gasteiger charge is -2.25. The molecular formula is C20H27N. The first kappa shape index (κ1) is 15.8. The lowest BCUT2D eigenvalue weighted by molar-refractivity contribution is 0.388. The average molecular weight is 281 g/mol. The molecule has 0 bridgehead atoms. The molecule has 0 aliphatic rings. The Morgan fingerprint density at radius 2 is 1.38 bits per heavy atom. The highest BCUT2D eigenvalue weighted by Crippen LogP contribution is 2.22. The highest BCUT2D eigenvalue weighted by Gasteiger charge is 2.15. The Labute approximate surface area is 129 Å². The van der Waals surface area contributed by atoms with E-state index in [1.807, 2.05) is 0 Å². The van der Waals surface area contributed by atoms with Gasteiger partial charge in [-0.2, -0.15) is 0 Å². The maximum absolute atomic E-state index is 3.81. The van der Waals surface area contributed by atoms with Crippen LogP contribution in [-0.4, -0.2) is 6.04 Å². The van der Waals surface area contributed by atoms with E-state index < -0.39 is 0 Å². The Morgan fingerprint density at radius 1 is 0.810 bits per heavy atom. The summed E-state index contributed by atoms with van der Waals surface area (Å²) in [5.74, 6) is 0.687.